The topological polar surface area (TPSA) is 0 Å². The van der Waals surface area contributed by atoms with Gasteiger partial charge in [-0.15, -0.1) is 0 Å². The lowest BCUT2D eigenvalue weighted by atomic mass is 9.91. The summed E-state index contributed by atoms with van der Waals surface area (Å²) in [6, 6.07) is 21.6. The molecule has 0 nitrogen and oxygen atoms in total. The molecule has 1 aliphatic carbocycles. The molecule has 0 spiro atoms. The molecule has 0 N–H and O–H groups in total. The highest BCUT2D eigenvalue weighted by molar-refractivity contribution is 6.41. The van der Waals surface area contributed by atoms with Crippen molar-refractivity contribution in [2.45, 2.75) is 29.3 Å². The highest BCUT2D eigenvalue weighted by Crippen LogP contribution is 2.58. The Labute approximate surface area is 122 Å². The van der Waals surface area contributed by atoms with Gasteiger partial charge in [-0.2, -0.15) is 0 Å². The third-order valence-electron chi connectivity index (χ3n) is 4.25. The Morgan fingerprint density at radius 2 is 1.05 bits per heavy atom. The monoisotopic (exact) mass is 276 g/mol. The zero-order chi connectivity index (χ0) is 13.3. The molecule has 0 aliphatic heterocycles. The fraction of sp³-hybridized carbons (Fsp3) is 0.294. The van der Waals surface area contributed by atoms with Gasteiger partial charge in [-0.25, -0.2) is 0 Å². The van der Waals surface area contributed by atoms with E-state index in [2.05, 4.69) is 81.1 Å². The van der Waals surface area contributed by atoms with Crippen molar-refractivity contribution in [1.29, 1.82) is 0 Å². The van der Waals surface area contributed by atoms with Crippen LogP contribution in [0.1, 0.15) is 35.8 Å². The number of hydrogen-bond acceptors (Lipinski definition) is 0. The molecule has 92 valence electrons. The molecule has 0 aromatic heterocycles. The molecule has 3 rings (SSSR count). The average molecular weight is 276 g/mol. The van der Waals surface area contributed by atoms with Crippen LogP contribution in [-0.4, -0.2) is 20.5 Å². The van der Waals surface area contributed by atoms with Gasteiger partial charge in [0.05, 0.1) is 0 Å². The van der Waals surface area contributed by atoms with Gasteiger partial charge in [-0.05, 0) is 40.5 Å². The van der Waals surface area contributed by atoms with Gasteiger partial charge in [-0.3, -0.25) is 0 Å². The summed E-state index contributed by atoms with van der Waals surface area (Å²) in [5.41, 5.74) is 2.82. The summed E-state index contributed by atoms with van der Waals surface area (Å²) in [6.07, 6.45) is 2.41. The van der Waals surface area contributed by atoms with Gasteiger partial charge in [0, 0.05) is 20.5 Å². The molecule has 1 fully saturated rings. The predicted octanol–water partition coefficient (Wildman–Crippen LogP) is 3.80. The smallest absolute Gasteiger partial charge is 0.0279 e. The van der Waals surface area contributed by atoms with Crippen molar-refractivity contribution in [3.63, 3.8) is 0 Å². The van der Waals surface area contributed by atoms with Crippen LogP contribution < -0.4 is 0 Å². The van der Waals surface area contributed by atoms with Crippen molar-refractivity contribution < 1.29 is 0 Å². The predicted molar refractivity (Wildman–Crippen MR) is 81.8 cm³/mol. The second-order valence-electron chi connectivity index (χ2n) is 5.37. The van der Waals surface area contributed by atoms with Crippen molar-refractivity contribution in [3.05, 3.63) is 71.8 Å². The largest absolute Gasteiger partial charge is 0.0622 e. The maximum Gasteiger partial charge on any atom is 0.0279 e. The highest BCUT2D eigenvalue weighted by atomic mass is 28.2. The standard InChI is InChI=1S/C17H16Si2/c18-17(19)15(13-7-3-1-4-8-13)11-12-16(17)14-9-5-2-6-10-14/h1-10,15-16H,11-12H2. The average Bonchev–Trinajstić information content (AvgIpc) is 2.76. The molecule has 1 saturated carbocycles. The first kappa shape index (κ1) is 12.9. The van der Waals surface area contributed by atoms with Crippen LogP contribution >= 0.6 is 0 Å². The van der Waals surface area contributed by atoms with Crippen LogP contribution in [0.2, 0.25) is 4.66 Å². The summed E-state index contributed by atoms with van der Waals surface area (Å²) < 4.78 is -0.0529. The van der Waals surface area contributed by atoms with E-state index in [0.29, 0.717) is 11.8 Å². The molecule has 2 aromatic carbocycles. The first-order valence-electron chi connectivity index (χ1n) is 6.79. The van der Waals surface area contributed by atoms with Crippen LogP contribution in [0.15, 0.2) is 60.7 Å². The molecule has 1 aliphatic rings. The Hall–Kier alpha value is -1.13. The summed E-state index contributed by atoms with van der Waals surface area (Å²) >= 11 is 0. The number of rotatable bonds is 2. The normalized spacial score (nSPS) is 25.4. The summed E-state index contributed by atoms with van der Waals surface area (Å²) in [5.74, 6) is 1.01. The lowest BCUT2D eigenvalue weighted by Crippen LogP contribution is -2.23. The molecule has 2 atom stereocenters. The minimum atomic E-state index is -0.0529. The maximum atomic E-state index is 4.02. The van der Waals surface area contributed by atoms with Crippen LogP contribution in [0, 0.1) is 0 Å². The molecular formula is C17H16Si2. The second-order valence-corrected chi connectivity index (χ2v) is 7.53. The highest BCUT2D eigenvalue weighted by Gasteiger charge is 2.44. The fourth-order valence-corrected chi connectivity index (χ4v) is 4.51. The van der Waals surface area contributed by atoms with E-state index in [-0.39, 0.29) is 4.66 Å². The molecule has 2 aromatic rings. The van der Waals surface area contributed by atoms with Gasteiger partial charge in [-0.1, -0.05) is 60.7 Å². The molecule has 19 heavy (non-hydrogen) atoms. The van der Waals surface area contributed by atoms with Crippen LogP contribution in [0.4, 0.5) is 0 Å². The van der Waals surface area contributed by atoms with Gasteiger partial charge in [0.25, 0.3) is 0 Å². The summed E-state index contributed by atoms with van der Waals surface area (Å²) in [5, 5.41) is 0. The van der Waals surface area contributed by atoms with Gasteiger partial charge >= 0.3 is 0 Å². The molecule has 0 saturated heterocycles. The molecular weight excluding hydrogens is 260 g/mol. The van der Waals surface area contributed by atoms with Gasteiger partial charge in [0.2, 0.25) is 0 Å². The van der Waals surface area contributed by atoms with E-state index >= 15 is 0 Å². The third kappa shape index (κ3) is 2.35. The Bertz CT molecular complexity index is 484. The van der Waals surface area contributed by atoms with Crippen LogP contribution in [0.25, 0.3) is 0 Å². The number of hydrogen-bond donors (Lipinski definition) is 0. The lowest BCUT2D eigenvalue weighted by Gasteiger charge is -2.33. The Morgan fingerprint density at radius 1 is 0.684 bits per heavy atom. The lowest BCUT2D eigenvalue weighted by molar-refractivity contribution is 0.621. The molecule has 0 heterocycles. The Balaban J connectivity index is 1.92. The maximum absolute atomic E-state index is 4.02. The van der Waals surface area contributed by atoms with E-state index in [4.69, 9.17) is 0 Å². The second kappa shape index (κ2) is 5.10. The molecule has 2 unspecified atom stereocenters. The van der Waals surface area contributed by atoms with E-state index in [1.807, 2.05) is 0 Å². The van der Waals surface area contributed by atoms with E-state index in [1.165, 1.54) is 24.0 Å². The van der Waals surface area contributed by atoms with Gasteiger partial charge in [0.15, 0.2) is 0 Å². The van der Waals surface area contributed by atoms with E-state index in [1.54, 1.807) is 0 Å². The van der Waals surface area contributed by atoms with Crippen molar-refractivity contribution in [2.75, 3.05) is 0 Å². The Morgan fingerprint density at radius 3 is 1.42 bits per heavy atom. The Kier molecular flexibility index (Phi) is 3.46. The summed E-state index contributed by atoms with van der Waals surface area (Å²) in [4.78, 5) is 0. The quantitative estimate of drug-likeness (QED) is 0.732. The van der Waals surface area contributed by atoms with Crippen molar-refractivity contribution in [2.24, 2.45) is 0 Å². The minimum Gasteiger partial charge on any atom is -0.0622 e. The van der Waals surface area contributed by atoms with Crippen LogP contribution in [0.3, 0.4) is 0 Å². The minimum absolute atomic E-state index is 0.0529. The fourth-order valence-electron chi connectivity index (χ4n) is 3.26. The van der Waals surface area contributed by atoms with Crippen LogP contribution in [0.5, 0.6) is 0 Å². The first-order chi connectivity index (χ1) is 9.19. The van der Waals surface area contributed by atoms with E-state index < -0.39 is 0 Å². The zero-order valence-corrected chi connectivity index (χ0v) is 12.8. The van der Waals surface area contributed by atoms with Crippen molar-refractivity contribution >= 4 is 20.5 Å². The van der Waals surface area contributed by atoms with Crippen molar-refractivity contribution in [1.82, 2.24) is 0 Å². The number of benzene rings is 2. The SMILES string of the molecule is [Si]C1([Si])C(c2ccccc2)CCC1c1ccccc1. The van der Waals surface area contributed by atoms with Gasteiger partial charge < -0.3 is 0 Å². The van der Waals surface area contributed by atoms with Gasteiger partial charge in [0.1, 0.15) is 0 Å². The van der Waals surface area contributed by atoms with Crippen molar-refractivity contribution in [3.8, 4) is 0 Å². The molecule has 0 amide bonds. The first-order valence-corrected chi connectivity index (χ1v) is 7.79. The molecule has 6 radical (unpaired) electrons. The zero-order valence-electron chi connectivity index (χ0n) is 10.8. The molecule has 0 bridgehead atoms. The molecule has 2 heteroatoms. The van der Waals surface area contributed by atoms with E-state index in [0.717, 1.165) is 0 Å². The summed E-state index contributed by atoms with van der Waals surface area (Å²) in [7, 11) is 8.04. The van der Waals surface area contributed by atoms with E-state index in [9.17, 15) is 0 Å². The summed E-state index contributed by atoms with van der Waals surface area (Å²) in [6.45, 7) is 0. The van der Waals surface area contributed by atoms with Crippen LogP contribution in [-0.2, 0) is 0 Å². The third-order valence-corrected chi connectivity index (χ3v) is 5.64.